The second-order valence-corrected chi connectivity index (χ2v) is 5.88. The molecule has 0 radical (unpaired) electrons. The van der Waals surface area contributed by atoms with Gasteiger partial charge in [0.05, 0.1) is 34.5 Å². The summed E-state index contributed by atoms with van der Waals surface area (Å²) in [5, 5.41) is 0. The van der Waals surface area contributed by atoms with E-state index in [1.807, 2.05) is 6.07 Å². The highest BCUT2D eigenvalue weighted by atomic mass is 16.5. The summed E-state index contributed by atoms with van der Waals surface area (Å²) < 4.78 is 26.9. The largest absolute Gasteiger partial charge is 0.493 e. The SMILES string of the molecule is CCOC(=O)c1[nH]c(CN)c(-c2ccc(OC)c(OC)c2OC)c1CCOC. The summed E-state index contributed by atoms with van der Waals surface area (Å²) in [5.74, 6) is 1.05. The van der Waals surface area contributed by atoms with Crippen LogP contribution in [-0.2, 0) is 22.4 Å². The van der Waals surface area contributed by atoms with Gasteiger partial charge in [0.1, 0.15) is 5.69 Å². The van der Waals surface area contributed by atoms with Crippen molar-refractivity contribution in [3.05, 3.63) is 29.1 Å². The molecule has 28 heavy (non-hydrogen) atoms. The molecule has 8 nitrogen and oxygen atoms in total. The molecule has 1 heterocycles. The molecule has 0 aliphatic rings. The molecule has 0 spiro atoms. The van der Waals surface area contributed by atoms with E-state index in [2.05, 4.69) is 4.98 Å². The lowest BCUT2D eigenvalue weighted by Gasteiger charge is -2.17. The number of hydrogen-bond acceptors (Lipinski definition) is 7. The van der Waals surface area contributed by atoms with E-state index in [1.165, 1.54) is 0 Å². The van der Waals surface area contributed by atoms with Gasteiger partial charge in [-0.15, -0.1) is 0 Å². The van der Waals surface area contributed by atoms with Crippen molar-refractivity contribution in [2.45, 2.75) is 19.9 Å². The number of aromatic nitrogens is 1. The van der Waals surface area contributed by atoms with Gasteiger partial charge in [-0.3, -0.25) is 0 Å². The maximum atomic E-state index is 12.5. The number of rotatable bonds is 10. The number of carbonyl (C=O) groups excluding carboxylic acids is 1. The summed E-state index contributed by atoms with van der Waals surface area (Å²) in [5.41, 5.74) is 9.31. The van der Waals surface area contributed by atoms with Crippen molar-refractivity contribution >= 4 is 5.97 Å². The van der Waals surface area contributed by atoms with Crippen molar-refractivity contribution in [3.63, 3.8) is 0 Å². The quantitative estimate of drug-likeness (QED) is 0.599. The average molecular weight is 392 g/mol. The topological polar surface area (TPSA) is 105 Å². The summed E-state index contributed by atoms with van der Waals surface area (Å²) in [6.45, 7) is 2.66. The van der Waals surface area contributed by atoms with Gasteiger partial charge in [-0.05, 0) is 31.0 Å². The Morgan fingerprint density at radius 2 is 1.79 bits per heavy atom. The van der Waals surface area contributed by atoms with E-state index in [0.717, 1.165) is 16.7 Å². The van der Waals surface area contributed by atoms with E-state index >= 15 is 0 Å². The van der Waals surface area contributed by atoms with Crippen LogP contribution >= 0.6 is 0 Å². The van der Waals surface area contributed by atoms with E-state index < -0.39 is 5.97 Å². The number of benzene rings is 1. The predicted molar refractivity (Wildman–Crippen MR) is 105 cm³/mol. The summed E-state index contributed by atoms with van der Waals surface area (Å²) in [7, 11) is 6.26. The number of nitrogens with two attached hydrogens (primary N) is 1. The number of hydrogen-bond donors (Lipinski definition) is 2. The molecule has 1 aromatic carbocycles. The summed E-state index contributed by atoms with van der Waals surface area (Å²) >= 11 is 0. The van der Waals surface area contributed by atoms with Crippen LogP contribution in [0.1, 0.15) is 28.7 Å². The van der Waals surface area contributed by atoms with Crippen LogP contribution in [0.2, 0.25) is 0 Å². The molecule has 0 aliphatic heterocycles. The molecule has 0 bridgehead atoms. The Balaban J connectivity index is 2.78. The van der Waals surface area contributed by atoms with Gasteiger partial charge in [0.15, 0.2) is 11.5 Å². The molecule has 154 valence electrons. The second kappa shape index (κ2) is 10.0. The van der Waals surface area contributed by atoms with Gasteiger partial charge in [-0.25, -0.2) is 4.79 Å². The number of ether oxygens (including phenoxy) is 5. The molecule has 0 aliphatic carbocycles. The highest BCUT2D eigenvalue weighted by Crippen LogP contribution is 2.46. The fourth-order valence-electron chi connectivity index (χ4n) is 3.20. The molecular formula is C20H28N2O6. The monoisotopic (exact) mass is 392 g/mol. The van der Waals surface area contributed by atoms with Gasteiger partial charge in [0.25, 0.3) is 0 Å². The van der Waals surface area contributed by atoms with Crippen LogP contribution in [0.3, 0.4) is 0 Å². The zero-order valence-electron chi connectivity index (χ0n) is 17.0. The minimum absolute atomic E-state index is 0.201. The molecule has 1 aromatic heterocycles. The first kappa shape index (κ1) is 21.6. The van der Waals surface area contributed by atoms with Crippen molar-refractivity contribution < 1.29 is 28.5 Å². The van der Waals surface area contributed by atoms with Gasteiger partial charge in [-0.1, -0.05) is 0 Å². The fourth-order valence-corrected chi connectivity index (χ4v) is 3.20. The van der Waals surface area contributed by atoms with E-state index in [4.69, 9.17) is 29.4 Å². The first-order valence-electron chi connectivity index (χ1n) is 8.96. The zero-order valence-corrected chi connectivity index (χ0v) is 17.0. The molecule has 0 unspecified atom stereocenters. The Morgan fingerprint density at radius 1 is 1.07 bits per heavy atom. The summed E-state index contributed by atoms with van der Waals surface area (Å²) in [6, 6.07) is 3.64. The highest BCUT2D eigenvalue weighted by molar-refractivity contribution is 5.94. The number of aromatic amines is 1. The molecule has 2 aromatic rings. The normalized spacial score (nSPS) is 10.6. The van der Waals surface area contributed by atoms with Crippen LogP contribution in [-0.4, -0.2) is 52.6 Å². The van der Waals surface area contributed by atoms with Crippen molar-refractivity contribution in [2.75, 3.05) is 41.7 Å². The number of H-pyrrole nitrogens is 1. The summed E-state index contributed by atoms with van der Waals surface area (Å²) in [6.07, 6.45) is 0.494. The van der Waals surface area contributed by atoms with Crippen molar-refractivity contribution in [3.8, 4) is 28.4 Å². The Bertz CT molecular complexity index is 816. The number of methoxy groups -OCH3 is 4. The lowest BCUT2D eigenvalue weighted by atomic mass is 9.96. The van der Waals surface area contributed by atoms with E-state index in [9.17, 15) is 4.79 Å². The van der Waals surface area contributed by atoms with Crippen LogP contribution in [0.25, 0.3) is 11.1 Å². The first-order chi connectivity index (χ1) is 13.6. The number of carbonyl (C=O) groups is 1. The van der Waals surface area contributed by atoms with Crippen LogP contribution in [0.15, 0.2) is 12.1 Å². The third kappa shape index (κ3) is 4.07. The molecule has 3 N–H and O–H groups in total. The van der Waals surface area contributed by atoms with Crippen LogP contribution < -0.4 is 19.9 Å². The van der Waals surface area contributed by atoms with E-state index in [0.29, 0.717) is 41.7 Å². The number of nitrogens with one attached hydrogen (secondary N) is 1. The van der Waals surface area contributed by atoms with Gasteiger partial charge in [-0.2, -0.15) is 0 Å². The Labute approximate surface area is 164 Å². The van der Waals surface area contributed by atoms with Crippen molar-refractivity contribution in [1.29, 1.82) is 0 Å². The van der Waals surface area contributed by atoms with Crippen LogP contribution in [0.5, 0.6) is 17.2 Å². The smallest absolute Gasteiger partial charge is 0.355 e. The van der Waals surface area contributed by atoms with Gasteiger partial charge in [0.2, 0.25) is 5.75 Å². The van der Waals surface area contributed by atoms with Crippen LogP contribution in [0, 0.1) is 0 Å². The maximum absolute atomic E-state index is 12.5. The van der Waals surface area contributed by atoms with Gasteiger partial charge in [0, 0.05) is 30.5 Å². The van der Waals surface area contributed by atoms with E-state index in [1.54, 1.807) is 41.4 Å². The Hall–Kier alpha value is -2.71. The maximum Gasteiger partial charge on any atom is 0.355 e. The molecule has 0 atom stereocenters. The first-order valence-corrected chi connectivity index (χ1v) is 8.96. The van der Waals surface area contributed by atoms with Crippen molar-refractivity contribution in [1.82, 2.24) is 4.98 Å². The molecule has 0 saturated heterocycles. The molecule has 0 amide bonds. The summed E-state index contributed by atoms with van der Waals surface area (Å²) in [4.78, 5) is 15.6. The molecule has 8 heteroatoms. The Kier molecular flexibility index (Phi) is 7.71. The highest BCUT2D eigenvalue weighted by Gasteiger charge is 2.27. The zero-order chi connectivity index (χ0) is 20.7. The minimum Gasteiger partial charge on any atom is -0.493 e. The fraction of sp³-hybridized carbons (Fsp3) is 0.450. The van der Waals surface area contributed by atoms with Gasteiger partial charge >= 0.3 is 5.97 Å². The molecule has 2 rings (SSSR count). The lowest BCUT2D eigenvalue weighted by molar-refractivity contribution is 0.0518. The van der Waals surface area contributed by atoms with E-state index in [-0.39, 0.29) is 13.2 Å². The third-order valence-corrected chi connectivity index (χ3v) is 4.39. The number of esters is 1. The lowest BCUT2D eigenvalue weighted by Crippen LogP contribution is -2.09. The van der Waals surface area contributed by atoms with Crippen LogP contribution in [0.4, 0.5) is 0 Å². The minimum atomic E-state index is -0.436. The second-order valence-electron chi connectivity index (χ2n) is 5.88. The third-order valence-electron chi connectivity index (χ3n) is 4.39. The average Bonchev–Trinajstić information content (AvgIpc) is 3.09. The van der Waals surface area contributed by atoms with Crippen molar-refractivity contribution in [2.24, 2.45) is 5.73 Å². The molecule has 0 saturated carbocycles. The molecule has 0 fully saturated rings. The van der Waals surface area contributed by atoms with Gasteiger partial charge < -0.3 is 34.4 Å². The molecular weight excluding hydrogens is 364 g/mol. The predicted octanol–water partition coefficient (Wildman–Crippen LogP) is 2.53. The standard InChI is InChI=1S/C20H28N2O6/c1-6-28-20(23)17-12(9-10-24-2)16(14(11-21)22-17)13-7-8-15(25-3)19(27-5)18(13)26-4/h7-8,22H,6,9-11,21H2,1-5H3. The Morgan fingerprint density at radius 3 is 2.32 bits per heavy atom.